The molecule has 100 valence electrons. The van der Waals surface area contributed by atoms with E-state index in [1.807, 2.05) is 32.0 Å². The first-order valence-corrected chi connectivity index (χ1v) is 6.60. The van der Waals surface area contributed by atoms with Crippen molar-refractivity contribution in [3.05, 3.63) is 64.2 Å². The van der Waals surface area contributed by atoms with Crippen LogP contribution < -0.4 is 5.32 Å². The Bertz CT molecular complexity index is 555. The van der Waals surface area contributed by atoms with Gasteiger partial charge in [0.1, 0.15) is 5.82 Å². The summed E-state index contributed by atoms with van der Waals surface area (Å²) >= 11 is 6.16. The summed E-state index contributed by atoms with van der Waals surface area (Å²) in [5.41, 5.74) is 2.84. The van der Waals surface area contributed by atoms with Crippen molar-refractivity contribution >= 4 is 11.6 Å². The van der Waals surface area contributed by atoms with Crippen LogP contribution in [0, 0.1) is 12.7 Å². The van der Waals surface area contributed by atoms with Gasteiger partial charge in [0, 0.05) is 5.02 Å². The molecular weight excluding hydrogens is 263 g/mol. The summed E-state index contributed by atoms with van der Waals surface area (Å²) < 4.78 is 13.0. The third-order valence-corrected chi connectivity index (χ3v) is 3.39. The second-order valence-electron chi connectivity index (χ2n) is 4.40. The van der Waals surface area contributed by atoms with E-state index >= 15 is 0 Å². The number of nitrogens with zero attached hydrogens (tertiary/aromatic N) is 1. The molecule has 0 aliphatic rings. The van der Waals surface area contributed by atoms with Gasteiger partial charge in [0.05, 0.1) is 17.9 Å². The van der Waals surface area contributed by atoms with Gasteiger partial charge >= 0.3 is 0 Å². The highest BCUT2D eigenvalue weighted by Crippen LogP contribution is 2.25. The Labute approximate surface area is 117 Å². The molecule has 1 aromatic heterocycles. The molecule has 1 unspecified atom stereocenters. The van der Waals surface area contributed by atoms with Gasteiger partial charge in [-0.25, -0.2) is 4.39 Å². The molecule has 1 aromatic carbocycles. The molecule has 0 saturated heterocycles. The lowest BCUT2D eigenvalue weighted by Gasteiger charge is -2.18. The Hall–Kier alpha value is -1.45. The number of aryl methyl sites for hydroxylation is 1. The van der Waals surface area contributed by atoms with Crippen molar-refractivity contribution in [3.63, 3.8) is 0 Å². The predicted octanol–water partition coefficient (Wildman–Crippen LogP) is 3.88. The Morgan fingerprint density at radius 1 is 1.32 bits per heavy atom. The van der Waals surface area contributed by atoms with Gasteiger partial charge in [-0.1, -0.05) is 30.7 Å². The zero-order valence-corrected chi connectivity index (χ0v) is 11.7. The van der Waals surface area contributed by atoms with Crippen LogP contribution in [-0.2, 0) is 0 Å². The molecular formula is C15H16ClFN2. The number of nitrogens with one attached hydrogen (secondary N) is 1. The minimum absolute atomic E-state index is 0.0799. The van der Waals surface area contributed by atoms with E-state index < -0.39 is 0 Å². The smallest absolute Gasteiger partial charge is 0.141 e. The zero-order chi connectivity index (χ0) is 13.8. The van der Waals surface area contributed by atoms with Gasteiger partial charge < -0.3 is 5.32 Å². The lowest BCUT2D eigenvalue weighted by molar-refractivity contribution is 0.594. The summed E-state index contributed by atoms with van der Waals surface area (Å²) in [6.07, 6.45) is 1.23. The number of halogens is 2. The normalized spacial score (nSPS) is 12.4. The maximum Gasteiger partial charge on any atom is 0.141 e. The quantitative estimate of drug-likeness (QED) is 0.918. The highest BCUT2D eigenvalue weighted by atomic mass is 35.5. The molecule has 1 atom stereocenters. The summed E-state index contributed by atoms with van der Waals surface area (Å²) in [7, 11) is 0. The molecule has 0 aliphatic heterocycles. The van der Waals surface area contributed by atoms with E-state index in [1.54, 1.807) is 6.07 Å². The first kappa shape index (κ1) is 14.0. The molecule has 0 saturated carbocycles. The van der Waals surface area contributed by atoms with Crippen molar-refractivity contribution < 1.29 is 4.39 Å². The number of rotatable bonds is 4. The van der Waals surface area contributed by atoms with Gasteiger partial charge in [-0.3, -0.25) is 4.98 Å². The molecule has 2 aromatic rings. The van der Waals surface area contributed by atoms with E-state index in [2.05, 4.69) is 10.3 Å². The standard InChI is InChI=1S/C15H16ClFN2/c1-3-18-15(14-7-6-12(17)9-19-14)11-5-4-10(2)13(16)8-11/h4-9,15,18H,3H2,1-2H3. The summed E-state index contributed by atoms with van der Waals surface area (Å²) in [6, 6.07) is 8.95. The lowest BCUT2D eigenvalue weighted by Crippen LogP contribution is -2.23. The van der Waals surface area contributed by atoms with Crippen LogP contribution in [0.25, 0.3) is 0 Å². The average molecular weight is 279 g/mol. The van der Waals surface area contributed by atoms with Crippen LogP contribution in [-0.4, -0.2) is 11.5 Å². The molecule has 0 fully saturated rings. The lowest BCUT2D eigenvalue weighted by atomic mass is 10.0. The number of aromatic nitrogens is 1. The third kappa shape index (κ3) is 3.31. The fourth-order valence-corrected chi connectivity index (χ4v) is 2.13. The van der Waals surface area contributed by atoms with E-state index in [1.165, 1.54) is 12.3 Å². The predicted molar refractivity (Wildman–Crippen MR) is 75.9 cm³/mol. The fourth-order valence-electron chi connectivity index (χ4n) is 1.94. The largest absolute Gasteiger partial charge is 0.305 e. The van der Waals surface area contributed by atoms with Gasteiger partial charge in [-0.2, -0.15) is 0 Å². The van der Waals surface area contributed by atoms with Gasteiger partial charge in [0.25, 0.3) is 0 Å². The van der Waals surface area contributed by atoms with Crippen LogP contribution >= 0.6 is 11.6 Å². The van der Waals surface area contributed by atoms with E-state index in [0.717, 1.165) is 28.4 Å². The Balaban J connectivity index is 2.38. The summed E-state index contributed by atoms with van der Waals surface area (Å²) in [5.74, 6) is -0.332. The molecule has 19 heavy (non-hydrogen) atoms. The number of pyridine rings is 1. The highest BCUT2D eigenvalue weighted by Gasteiger charge is 2.15. The second kappa shape index (κ2) is 6.13. The Morgan fingerprint density at radius 3 is 2.68 bits per heavy atom. The number of hydrogen-bond acceptors (Lipinski definition) is 2. The van der Waals surface area contributed by atoms with Crippen molar-refractivity contribution in [2.75, 3.05) is 6.54 Å². The monoisotopic (exact) mass is 278 g/mol. The van der Waals surface area contributed by atoms with Crippen molar-refractivity contribution in [3.8, 4) is 0 Å². The van der Waals surface area contributed by atoms with Gasteiger partial charge in [-0.15, -0.1) is 0 Å². The van der Waals surface area contributed by atoms with Crippen LogP contribution in [0.3, 0.4) is 0 Å². The zero-order valence-electron chi connectivity index (χ0n) is 11.0. The average Bonchev–Trinajstić information content (AvgIpc) is 2.41. The molecule has 4 heteroatoms. The van der Waals surface area contributed by atoms with Crippen LogP contribution in [0.1, 0.15) is 29.8 Å². The summed E-state index contributed by atoms with van der Waals surface area (Å²) in [4.78, 5) is 4.15. The number of benzene rings is 1. The van der Waals surface area contributed by atoms with E-state index in [9.17, 15) is 4.39 Å². The molecule has 2 nitrogen and oxygen atoms in total. The molecule has 1 N–H and O–H groups in total. The van der Waals surface area contributed by atoms with Crippen LogP contribution in [0.15, 0.2) is 36.5 Å². The molecule has 0 amide bonds. The minimum Gasteiger partial charge on any atom is -0.305 e. The molecule has 2 rings (SSSR count). The first-order valence-electron chi connectivity index (χ1n) is 6.22. The molecule has 0 aliphatic carbocycles. The Kier molecular flexibility index (Phi) is 4.51. The van der Waals surface area contributed by atoms with E-state index in [-0.39, 0.29) is 11.9 Å². The van der Waals surface area contributed by atoms with Crippen molar-refractivity contribution in [1.29, 1.82) is 0 Å². The van der Waals surface area contributed by atoms with E-state index in [0.29, 0.717) is 0 Å². The minimum atomic E-state index is -0.332. The second-order valence-corrected chi connectivity index (χ2v) is 4.81. The molecule has 1 heterocycles. The topological polar surface area (TPSA) is 24.9 Å². The molecule has 0 bridgehead atoms. The summed E-state index contributed by atoms with van der Waals surface area (Å²) in [6.45, 7) is 4.77. The first-order chi connectivity index (χ1) is 9.11. The van der Waals surface area contributed by atoms with Crippen molar-refractivity contribution in [2.24, 2.45) is 0 Å². The molecule has 0 radical (unpaired) electrons. The van der Waals surface area contributed by atoms with E-state index in [4.69, 9.17) is 11.6 Å². The van der Waals surface area contributed by atoms with Gasteiger partial charge in [-0.05, 0) is 42.8 Å². The fraction of sp³-hybridized carbons (Fsp3) is 0.267. The molecule has 0 spiro atoms. The SMILES string of the molecule is CCNC(c1ccc(C)c(Cl)c1)c1ccc(F)cn1. The van der Waals surface area contributed by atoms with Crippen LogP contribution in [0.4, 0.5) is 4.39 Å². The van der Waals surface area contributed by atoms with Gasteiger partial charge in [0.15, 0.2) is 0 Å². The maximum atomic E-state index is 13.0. The van der Waals surface area contributed by atoms with Crippen LogP contribution in [0.2, 0.25) is 5.02 Å². The highest BCUT2D eigenvalue weighted by molar-refractivity contribution is 6.31. The maximum absolute atomic E-state index is 13.0. The van der Waals surface area contributed by atoms with Crippen molar-refractivity contribution in [2.45, 2.75) is 19.9 Å². The van der Waals surface area contributed by atoms with Crippen LogP contribution in [0.5, 0.6) is 0 Å². The third-order valence-electron chi connectivity index (χ3n) is 2.98. The van der Waals surface area contributed by atoms with Gasteiger partial charge in [0.2, 0.25) is 0 Å². The van der Waals surface area contributed by atoms with Crippen molar-refractivity contribution in [1.82, 2.24) is 10.3 Å². The Morgan fingerprint density at radius 2 is 2.11 bits per heavy atom. The summed E-state index contributed by atoms with van der Waals surface area (Å²) in [5, 5.41) is 4.06. The number of hydrogen-bond donors (Lipinski definition) is 1.